The standard InChI is InChI=1S/C31H29.C11H17.C7H6.CH3.2ClH.Zr/c1-18-11-20(3)30(21(4)12-18)24-7-9-28-26(15-24)17-27-16-25(8-10-29(27)28)31-22(5)13-19(2)14-23(31)6;1-5-9-6-7-10(8-9)11(2,3)4;1-7-5-3-2-4-6-7;;;;/h7-15H,17H2,1-6H3;7-9H,5H2,1-4H3;1-6H;1H3;2*1H;/q2*-1;;-1;;;. The van der Waals surface area contributed by atoms with Crippen LogP contribution in [0.15, 0.2) is 103 Å². The second kappa shape index (κ2) is 20.0. The summed E-state index contributed by atoms with van der Waals surface area (Å²) < 4.78 is 2.17. The van der Waals surface area contributed by atoms with E-state index in [1.807, 2.05) is 6.07 Å². The third-order valence-electron chi connectivity index (χ3n) is 9.81. The second-order valence-corrected chi connectivity index (χ2v) is 15.8. The summed E-state index contributed by atoms with van der Waals surface area (Å²) in [5, 5.41) is 0. The van der Waals surface area contributed by atoms with E-state index in [1.165, 1.54) is 120 Å². The van der Waals surface area contributed by atoms with Crippen molar-refractivity contribution in [2.24, 2.45) is 11.3 Å². The number of halogens is 2. The van der Waals surface area contributed by atoms with Gasteiger partial charge in [-0.2, -0.15) is 11.6 Å². The van der Waals surface area contributed by atoms with Crippen molar-refractivity contribution in [3.63, 3.8) is 0 Å². The van der Waals surface area contributed by atoms with E-state index in [1.54, 1.807) is 0 Å². The first-order valence-corrected chi connectivity index (χ1v) is 19.4. The molecule has 53 heavy (non-hydrogen) atoms. The van der Waals surface area contributed by atoms with Gasteiger partial charge in [-0.1, -0.05) is 127 Å². The van der Waals surface area contributed by atoms with E-state index in [9.17, 15) is 0 Å². The van der Waals surface area contributed by atoms with Crippen molar-refractivity contribution in [1.82, 2.24) is 0 Å². The molecule has 0 saturated heterocycles. The molecule has 0 radical (unpaired) electrons. The molecule has 278 valence electrons. The molecule has 0 nitrogen and oxygen atoms in total. The Kier molecular flexibility index (Phi) is 17.4. The summed E-state index contributed by atoms with van der Waals surface area (Å²) in [5.74, 6) is 0.573. The van der Waals surface area contributed by atoms with Gasteiger partial charge in [0.1, 0.15) is 0 Å². The molecule has 7 rings (SSSR count). The Bertz CT molecular complexity index is 1920. The molecular formula is C50H57Cl2Zr-3. The predicted molar refractivity (Wildman–Crippen MR) is 234 cm³/mol. The van der Waals surface area contributed by atoms with Gasteiger partial charge in [-0.25, -0.2) is 6.08 Å². The Morgan fingerprint density at radius 1 is 0.717 bits per heavy atom. The van der Waals surface area contributed by atoms with Crippen molar-refractivity contribution in [1.29, 1.82) is 0 Å². The molecule has 5 aromatic rings. The fraction of sp³-hybridized carbons (Fsp3) is 0.280. The van der Waals surface area contributed by atoms with Crippen LogP contribution in [0.3, 0.4) is 0 Å². The van der Waals surface area contributed by atoms with E-state index in [0.29, 0.717) is 11.3 Å². The van der Waals surface area contributed by atoms with Gasteiger partial charge in [0.2, 0.25) is 0 Å². The minimum atomic E-state index is 0. The predicted octanol–water partition coefficient (Wildman–Crippen LogP) is 14.3. The molecular weight excluding hydrogens is 763 g/mol. The molecule has 0 N–H and O–H groups in total. The van der Waals surface area contributed by atoms with E-state index in [0.717, 1.165) is 6.42 Å². The average Bonchev–Trinajstić information content (AvgIpc) is 3.70. The van der Waals surface area contributed by atoms with Crippen molar-refractivity contribution < 1.29 is 24.2 Å². The minimum absolute atomic E-state index is 0. The van der Waals surface area contributed by atoms with Gasteiger partial charge in [-0.3, -0.25) is 6.08 Å². The molecule has 1 atom stereocenters. The van der Waals surface area contributed by atoms with E-state index in [4.69, 9.17) is 0 Å². The van der Waals surface area contributed by atoms with Gasteiger partial charge in [0.05, 0.1) is 0 Å². The molecule has 0 amide bonds. The van der Waals surface area contributed by atoms with Gasteiger partial charge in [-0.05, 0) is 75.8 Å². The first kappa shape index (κ1) is 46.1. The van der Waals surface area contributed by atoms with Crippen LogP contribution in [0.2, 0.25) is 0 Å². The Morgan fingerprint density at radius 2 is 1.26 bits per heavy atom. The fourth-order valence-corrected chi connectivity index (χ4v) is 7.90. The summed E-state index contributed by atoms with van der Waals surface area (Å²) in [5.41, 5.74) is 21.8. The van der Waals surface area contributed by atoms with Gasteiger partial charge in [0.15, 0.2) is 0 Å². The van der Waals surface area contributed by atoms with Crippen LogP contribution in [-0.2, 0) is 30.7 Å². The van der Waals surface area contributed by atoms with Crippen LogP contribution in [0, 0.1) is 72.4 Å². The van der Waals surface area contributed by atoms with Crippen LogP contribution < -0.4 is 0 Å². The quantitative estimate of drug-likeness (QED) is 0.155. The topological polar surface area (TPSA) is 0 Å². The van der Waals surface area contributed by atoms with E-state index in [-0.39, 0.29) is 32.2 Å². The maximum absolute atomic E-state index is 3.78. The monoisotopic (exact) mass is 817 g/mol. The molecule has 0 heterocycles. The summed E-state index contributed by atoms with van der Waals surface area (Å²) in [6.07, 6.45) is 9.96. The van der Waals surface area contributed by atoms with Crippen molar-refractivity contribution >= 4 is 28.5 Å². The zero-order valence-electron chi connectivity index (χ0n) is 33.6. The molecule has 0 bridgehead atoms. The van der Waals surface area contributed by atoms with Gasteiger partial charge >= 0.3 is 63.8 Å². The third kappa shape index (κ3) is 11.2. The SMILES string of the molecule is CCC1[C-]=CC(C(C)(C)C)=C1.Cc1cc(C)c(-c2[c-]c3c(cc2)-c2ccc(-c4c(C)cc(C)cc4C)cc2C3)c(C)c1.Cl.Cl.[CH3-].[Zr]=[CH]c1ccccc1. The van der Waals surface area contributed by atoms with Crippen LogP contribution in [0.5, 0.6) is 0 Å². The van der Waals surface area contributed by atoms with Crippen molar-refractivity contribution in [2.75, 3.05) is 0 Å². The first-order chi connectivity index (χ1) is 23.8. The van der Waals surface area contributed by atoms with Crippen LogP contribution >= 0.6 is 24.8 Å². The summed E-state index contributed by atoms with van der Waals surface area (Å²) in [4.78, 5) is 0. The maximum atomic E-state index is 3.78. The summed E-state index contributed by atoms with van der Waals surface area (Å²) in [6.45, 7) is 22.2. The number of fused-ring (bicyclic) bond motifs is 3. The second-order valence-electron chi connectivity index (χ2n) is 15.1. The van der Waals surface area contributed by atoms with E-state index < -0.39 is 0 Å². The molecule has 0 spiro atoms. The summed E-state index contributed by atoms with van der Waals surface area (Å²) >= 11 is 1.46. The summed E-state index contributed by atoms with van der Waals surface area (Å²) in [7, 11) is 0. The van der Waals surface area contributed by atoms with Crippen molar-refractivity contribution in [3.05, 3.63) is 172 Å². The number of rotatable bonds is 4. The van der Waals surface area contributed by atoms with Gasteiger partial charge < -0.3 is 7.43 Å². The normalized spacial score (nSPS) is 13.3. The fourth-order valence-electron chi connectivity index (χ4n) is 7.43. The average molecular weight is 820 g/mol. The van der Waals surface area contributed by atoms with Gasteiger partial charge in [0, 0.05) is 0 Å². The zero-order chi connectivity index (χ0) is 36.2. The Morgan fingerprint density at radius 3 is 1.74 bits per heavy atom. The number of benzene rings is 5. The Hall–Kier alpha value is -3.09. The Labute approximate surface area is 349 Å². The number of hydrogen-bond acceptors (Lipinski definition) is 0. The van der Waals surface area contributed by atoms with Crippen LogP contribution in [-0.4, -0.2) is 3.71 Å². The molecule has 2 aliphatic rings. The van der Waals surface area contributed by atoms with E-state index >= 15 is 0 Å². The molecule has 3 heteroatoms. The van der Waals surface area contributed by atoms with Crippen molar-refractivity contribution in [3.8, 4) is 33.4 Å². The molecule has 0 fully saturated rings. The van der Waals surface area contributed by atoms with Crippen LogP contribution in [0.1, 0.15) is 84.2 Å². The molecule has 2 aliphatic carbocycles. The molecule has 1 unspecified atom stereocenters. The van der Waals surface area contributed by atoms with Crippen LogP contribution in [0.25, 0.3) is 33.4 Å². The van der Waals surface area contributed by atoms with E-state index in [2.05, 4.69) is 176 Å². The zero-order valence-corrected chi connectivity index (χ0v) is 37.7. The van der Waals surface area contributed by atoms with Crippen LogP contribution in [0.4, 0.5) is 0 Å². The van der Waals surface area contributed by atoms with Gasteiger partial charge in [0.25, 0.3) is 0 Å². The molecule has 5 aromatic carbocycles. The summed E-state index contributed by atoms with van der Waals surface area (Å²) in [6, 6.07) is 34.8. The Balaban J connectivity index is 0.000000366. The number of allylic oxidation sites excluding steroid dienone is 4. The first-order valence-electron chi connectivity index (χ1n) is 18.0. The van der Waals surface area contributed by atoms with Crippen molar-refractivity contribution in [2.45, 2.75) is 82.1 Å². The van der Waals surface area contributed by atoms with Gasteiger partial charge in [-0.15, -0.1) is 54.1 Å². The molecule has 0 aliphatic heterocycles. The molecule has 0 saturated carbocycles. The number of aryl methyl sites for hydroxylation is 6. The number of hydrogen-bond donors (Lipinski definition) is 0. The molecule has 0 aromatic heterocycles. The third-order valence-corrected chi connectivity index (χ3v) is 10.6.